The molecule has 1 atom stereocenters. The third-order valence-corrected chi connectivity index (χ3v) is 3.19. The molecule has 17 heavy (non-hydrogen) atoms. The van der Waals surface area contributed by atoms with Crippen molar-refractivity contribution in [1.29, 1.82) is 0 Å². The predicted molar refractivity (Wildman–Crippen MR) is 65.7 cm³/mol. The molecule has 92 valence electrons. The number of likely N-dealkylation sites (tertiary alicyclic amines) is 1. The number of nitrogens with zero attached hydrogens (tertiary/aromatic N) is 2. The summed E-state index contributed by atoms with van der Waals surface area (Å²) in [6.07, 6.45) is 2.49. The first-order valence-electron chi connectivity index (χ1n) is 5.89. The Hall–Kier alpha value is -1.46. The van der Waals surface area contributed by atoms with E-state index < -0.39 is 4.92 Å². The van der Waals surface area contributed by atoms with Crippen molar-refractivity contribution in [1.82, 2.24) is 4.90 Å². The molecule has 0 aromatic heterocycles. The van der Waals surface area contributed by atoms with E-state index in [0.29, 0.717) is 0 Å². The molecule has 1 aromatic rings. The molecule has 0 radical (unpaired) electrons. The molecule has 0 aliphatic carbocycles. The van der Waals surface area contributed by atoms with Gasteiger partial charge in [0.2, 0.25) is 0 Å². The van der Waals surface area contributed by atoms with Crippen molar-refractivity contribution < 1.29 is 4.92 Å². The molecule has 0 spiro atoms. The van der Waals surface area contributed by atoms with Crippen molar-refractivity contribution in [3.8, 4) is 0 Å². The molecule has 5 nitrogen and oxygen atoms in total. The highest BCUT2D eigenvalue weighted by atomic mass is 16.6. The largest absolute Gasteiger partial charge is 0.323 e. The predicted octanol–water partition coefficient (Wildman–Crippen LogP) is 1.69. The first-order valence-corrected chi connectivity index (χ1v) is 5.89. The van der Waals surface area contributed by atoms with Crippen molar-refractivity contribution in [2.75, 3.05) is 19.6 Å². The van der Waals surface area contributed by atoms with Gasteiger partial charge >= 0.3 is 0 Å². The average molecular weight is 235 g/mol. The van der Waals surface area contributed by atoms with Gasteiger partial charge in [0.05, 0.1) is 4.92 Å². The Morgan fingerprint density at radius 3 is 2.41 bits per heavy atom. The van der Waals surface area contributed by atoms with Crippen LogP contribution in [0.5, 0.6) is 0 Å². The van der Waals surface area contributed by atoms with Crippen LogP contribution in [0.1, 0.15) is 24.4 Å². The summed E-state index contributed by atoms with van der Waals surface area (Å²) < 4.78 is 0. The van der Waals surface area contributed by atoms with Crippen LogP contribution in [-0.4, -0.2) is 29.5 Å². The van der Waals surface area contributed by atoms with Crippen molar-refractivity contribution in [2.24, 2.45) is 5.73 Å². The molecule has 2 N–H and O–H groups in total. The maximum atomic E-state index is 10.5. The normalized spacial score (nSPS) is 18.2. The quantitative estimate of drug-likeness (QED) is 0.636. The van der Waals surface area contributed by atoms with E-state index in [1.807, 2.05) is 0 Å². The summed E-state index contributed by atoms with van der Waals surface area (Å²) in [5, 5.41) is 10.5. The van der Waals surface area contributed by atoms with Crippen LogP contribution in [0.25, 0.3) is 0 Å². The van der Waals surface area contributed by atoms with Gasteiger partial charge in [-0.2, -0.15) is 0 Å². The number of nitrogens with two attached hydrogens (primary N) is 1. The van der Waals surface area contributed by atoms with Gasteiger partial charge in [-0.05, 0) is 31.5 Å². The molecular weight excluding hydrogens is 218 g/mol. The molecule has 1 aliphatic rings. The highest BCUT2D eigenvalue weighted by molar-refractivity contribution is 5.34. The van der Waals surface area contributed by atoms with E-state index >= 15 is 0 Å². The van der Waals surface area contributed by atoms with E-state index in [1.165, 1.54) is 25.0 Å². The van der Waals surface area contributed by atoms with Crippen LogP contribution in [-0.2, 0) is 0 Å². The Morgan fingerprint density at radius 2 is 1.88 bits per heavy atom. The Kier molecular flexibility index (Phi) is 3.71. The minimum Gasteiger partial charge on any atom is -0.323 e. The summed E-state index contributed by atoms with van der Waals surface area (Å²) in [4.78, 5) is 12.5. The molecule has 5 heteroatoms. The fourth-order valence-corrected chi connectivity index (χ4v) is 2.19. The second-order valence-electron chi connectivity index (χ2n) is 4.46. The third-order valence-electron chi connectivity index (χ3n) is 3.19. The van der Waals surface area contributed by atoms with Gasteiger partial charge in [-0.15, -0.1) is 0 Å². The standard InChI is InChI=1S/C12H17N3O2/c13-12(9-14-7-1-2-8-14)10-3-5-11(6-4-10)15(16)17/h3-6,12H,1-2,7-9,13H2/t12-/m0/s1. The zero-order valence-corrected chi connectivity index (χ0v) is 9.71. The SMILES string of the molecule is N[C@@H](CN1CCCC1)c1ccc([N+](=O)[O-])cc1. The van der Waals surface area contributed by atoms with Crippen LogP contribution in [0, 0.1) is 10.1 Å². The van der Waals surface area contributed by atoms with E-state index in [-0.39, 0.29) is 11.7 Å². The van der Waals surface area contributed by atoms with Gasteiger partial charge in [0.1, 0.15) is 0 Å². The van der Waals surface area contributed by atoms with Crippen molar-refractivity contribution in [3.05, 3.63) is 39.9 Å². The minimum atomic E-state index is -0.393. The van der Waals surface area contributed by atoms with Gasteiger partial charge in [-0.3, -0.25) is 10.1 Å². The topological polar surface area (TPSA) is 72.4 Å². The maximum Gasteiger partial charge on any atom is 0.269 e. The lowest BCUT2D eigenvalue weighted by Gasteiger charge is -2.20. The Balaban J connectivity index is 1.98. The van der Waals surface area contributed by atoms with Crippen molar-refractivity contribution in [3.63, 3.8) is 0 Å². The van der Waals surface area contributed by atoms with Crippen molar-refractivity contribution >= 4 is 5.69 Å². The van der Waals surface area contributed by atoms with Crippen LogP contribution in [0.3, 0.4) is 0 Å². The highest BCUT2D eigenvalue weighted by Gasteiger charge is 2.16. The maximum absolute atomic E-state index is 10.5. The second kappa shape index (κ2) is 5.25. The summed E-state index contributed by atoms with van der Waals surface area (Å²) in [6, 6.07) is 6.46. The molecular formula is C12H17N3O2. The van der Waals surface area contributed by atoms with Gasteiger partial charge in [-0.25, -0.2) is 0 Å². The summed E-state index contributed by atoms with van der Waals surface area (Å²) >= 11 is 0. The molecule has 1 saturated heterocycles. The molecule has 2 rings (SSSR count). The van der Waals surface area contributed by atoms with Gasteiger partial charge in [0.25, 0.3) is 5.69 Å². The van der Waals surface area contributed by atoms with E-state index in [0.717, 1.165) is 25.2 Å². The van der Waals surface area contributed by atoms with Crippen molar-refractivity contribution in [2.45, 2.75) is 18.9 Å². The molecule has 0 bridgehead atoms. The summed E-state index contributed by atoms with van der Waals surface area (Å²) in [5.41, 5.74) is 7.16. The Labute approximate surface area is 100 Å². The van der Waals surface area contributed by atoms with Crippen LogP contribution in [0.15, 0.2) is 24.3 Å². The van der Waals surface area contributed by atoms with E-state index in [9.17, 15) is 10.1 Å². The Bertz CT molecular complexity index is 385. The highest BCUT2D eigenvalue weighted by Crippen LogP contribution is 2.18. The molecule has 0 unspecified atom stereocenters. The molecule has 0 saturated carbocycles. The number of hydrogen-bond donors (Lipinski definition) is 1. The molecule has 1 aliphatic heterocycles. The molecule has 1 heterocycles. The minimum absolute atomic E-state index is 0.0612. The number of nitro benzene ring substituents is 1. The lowest BCUT2D eigenvalue weighted by Crippen LogP contribution is -2.29. The third kappa shape index (κ3) is 3.01. The van der Waals surface area contributed by atoms with E-state index in [1.54, 1.807) is 12.1 Å². The van der Waals surface area contributed by atoms with E-state index in [2.05, 4.69) is 4.90 Å². The fourth-order valence-electron chi connectivity index (χ4n) is 2.19. The molecule has 1 aromatic carbocycles. The van der Waals surface area contributed by atoms with Gasteiger partial charge in [0.15, 0.2) is 0 Å². The van der Waals surface area contributed by atoms with Gasteiger partial charge in [-0.1, -0.05) is 12.1 Å². The van der Waals surface area contributed by atoms with Crippen LogP contribution in [0.4, 0.5) is 5.69 Å². The first-order chi connectivity index (χ1) is 8.16. The van der Waals surface area contributed by atoms with Crippen LogP contribution in [0.2, 0.25) is 0 Å². The smallest absolute Gasteiger partial charge is 0.269 e. The Morgan fingerprint density at radius 1 is 1.29 bits per heavy atom. The zero-order valence-electron chi connectivity index (χ0n) is 9.71. The fraction of sp³-hybridized carbons (Fsp3) is 0.500. The average Bonchev–Trinajstić information content (AvgIpc) is 2.82. The zero-order chi connectivity index (χ0) is 12.3. The van der Waals surface area contributed by atoms with Gasteiger partial charge < -0.3 is 10.6 Å². The summed E-state index contributed by atoms with van der Waals surface area (Å²) in [5.74, 6) is 0. The monoisotopic (exact) mass is 235 g/mol. The number of nitro groups is 1. The lowest BCUT2D eigenvalue weighted by molar-refractivity contribution is -0.384. The number of non-ortho nitro benzene ring substituents is 1. The number of rotatable bonds is 4. The number of hydrogen-bond acceptors (Lipinski definition) is 4. The molecule has 0 amide bonds. The first kappa shape index (κ1) is 12.0. The molecule has 1 fully saturated rings. The van der Waals surface area contributed by atoms with Crippen LogP contribution < -0.4 is 5.73 Å². The summed E-state index contributed by atoms with van der Waals surface area (Å²) in [7, 11) is 0. The lowest BCUT2D eigenvalue weighted by atomic mass is 10.1. The second-order valence-corrected chi connectivity index (χ2v) is 4.46. The summed E-state index contributed by atoms with van der Waals surface area (Å²) in [6.45, 7) is 3.05. The van der Waals surface area contributed by atoms with Gasteiger partial charge in [0, 0.05) is 24.7 Å². The number of benzene rings is 1. The van der Waals surface area contributed by atoms with Crippen LogP contribution >= 0.6 is 0 Å². The van der Waals surface area contributed by atoms with E-state index in [4.69, 9.17) is 5.73 Å².